The largest absolute Gasteiger partial charge is 0.356 e. The molecule has 20 heavy (non-hydrogen) atoms. The zero-order valence-electron chi connectivity index (χ0n) is 12.0. The first kappa shape index (κ1) is 15.0. The van der Waals surface area contributed by atoms with Crippen LogP contribution < -0.4 is 10.6 Å². The second kappa shape index (κ2) is 7.40. The quantitative estimate of drug-likeness (QED) is 0.659. The smallest absolute Gasteiger partial charge is 0.191 e. The number of aryl methyl sites for hydroxylation is 1. The first-order chi connectivity index (χ1) is 9.69. The molecule has 0 bridgehead atoms. The van der Waals surface area contributed by atoms with Gasteiger partial charge in [-0.25, -0.2) is 4.98 Å². The van der Waals surface area contributed by atoms with Gasteiger partial charge in [0.05, 0.1) is 6.54 Å². The molecule has 108 valence electrons. The Bertz CT molecular complexity index is 545. The van der Waals surface area contributed by atoms with Crippen LogP contribution in [0.1, 0.15) is 27.6 Å². The maximum absolute atomic E-state index is 4.33. The van der Waals surface area contributed by atoms with Gasteiger partial charge in [-0.15, -0.1) is 22.7 Å². The van der Waals surface area contributed by atoms with E-state index in [0.29, 0.717) is 12.5 Å². The molecule has 2 heterocycles. The summed E-state index contributed by atoms with van der Waals surface area (Å²) in [4.78, 5) is 11.2. The van der Waals surface area contributed by atoms with Gasteiger partial charge >= 0.3 is 0 Å². The third-order valence-corrected chi connectivity index (χ3v) is 4.92. The third-order valence-electron chi connectivity index (χ3n) is 2.90. The Balaban J connectivity index is 1.78. The highest BCUT2D eigenvalue weighted by Crippen LogP contribution is 2.19. The minimum atomic E-state index is 0.482. The molecular weight excluding hydrogens is 288 g/mol. The number of nitrogens with one attached hydrogen (secondary N) is 2. The summed E-state index contributed by atoms with van der Waals surface area (Å²) in [5.41, 5.74) is 0. The Morgan fingerprint density at radius 2 is 2.30 bits per heavy atom. The Kier molecular flexibility index (Phi) is 5.55. The van der Waals surface area contributed by atoms with E-state index in [9.17, 15) is 0 Å². The number of hydrogen-bond donors (Lipinski definition) is 2. The lowest BCUT2D eigenvalue weighted by Crippen LogP contribution is -2.38. The molecular formula is C14H20N4S2. The Hall–Kier alpha value is -1.40. The monoisotopic (exact) mass is 308 g/mol. The maximum Gasteiger partial charge on any atom is 0.191 e. The van der Waals surface area contributed by atoms with Gasteiger partial charge in [-0.3, -0.25) is 4.99 Å². The first-order valence-electron chi connectivity index (χ1n) is 6.58. The van der Waals surface area contributed by atoms with Crippen molar-refractivity contribution in [2.75, 3.05) is 13.6 Å². The number of nitrogens with zero attached hydrogens (tertiary/aromatic N) is 2. The van der Waals surface area contributed by atoms with E-state index in [2.05, 4.69) is 52.0 Å². The van der Waals surface area contributed by atoms with Crippen LogP contribution in [0.4, 0.5) is 0 Å². The molecule has 6 heteroatoms. The van der Waals surface area contributed by atoms with Crippen molar-refractivity contribution >= 4 is 28.6 Å². The van der Waals surface area contributed by atoms with Crippen molar-refractivity contribution in [3.63, 3.8) is 0 Å². The molecule has 0 fully saturated rings. The predicted octanol–water partition coefficient (Wildman–Crippen LogP) is 2.98. The van der Waals surface area contributed by atoms with Crippen LogP contribution in [0.3, 0.4) is 0 Å². The molecule has 0 aliphatic heterocycles. The van der Waals surface area contributed by atoms with Gasteiger partial charge in [0.15, 0.2) is 5.96 Å². The molecule has 0 aromatic carbocycles. The molecule has 0 spiro atoms. The van der Waals surface area contributed by atoms with Crippen LogP contribution in [0.5, 0.6) is 0 Å². The third kappa shape index (κ3) is 4.31. The topological polar surface area (TPSA) is 49.3 Å². The lowest BCUT2D eigenvalue weighted by atomic mass is 10.1. The number of thiazole rings is 1. The summed E-state index contributed by atoms with van der Waals surface area (Å²) in [6, 6.07) is 4.26. The van der Waals surface area contributed by atoms with Gasteiger partial charge in [0, 0.05) is 35.5 Å². The summed E-state index contributed by atoms with van der Waals surface area (Å²) in [6.07, 6.45) is 1.90. The Labute approximate surface area is 128 Å². The molecule has 2 aromatic heterocycles. The van der Waals surface area contributed by atoms with Crippen LogP contribution in [0.2, 0.25) is 0 Å². The van der Waals surface area contributed by atoms with Crippen molar-refractivity contribution in [1.29, 1.82) is 0 Å². The van der Waals surface area contributed by atoms with E-state index in [1.54, 1.807) is 29.7 Å². The normalized spacial score (nSPS) is 13.2. The molecule has 2 N–H and O–H groups in total. The maximum atomic E-state index is 4.33. The lowest BCUT2D eigenvalue weighted by molar-refractivity contribution is 0.708. The Morgan fingerprint density at radius 3 is 2.90 bits per heavy atom. The number of rotatable bonds is 5. The van der Waals surface area contributed by atoms with E-state index < -0.39 is 0 Å². The number of aromatic nitrogens is 1. The highest BCUT2D eigenvalue weighted by Gasteiger charge is 2.07. The minimum Gasteiger partial charge on any atom is -0.356 e. The van der Waals surface area contributed by atoms with Gasteiger partial charge in [-0.1, -0.05) is 13.0 Å². The van der Waals surface area contributed by atoms with Gasteiger partial charge in [0.1, 0.15) is 5.01 Å². The van der Waals surface area contributed by atoms with E-state index >= 15 is 0 Å². The number of guanidine groups is 1. The van der Waals surface area contributed by atoms with Crippen LogP contribution in [0.25, 0.3) is 0 Å². The van der Waals surface area contributed by atoms with Crippen molar-refractivity contribution in [1.82, 2.24) is 15.6 Å². The minimum absolute atomic E-state index is 0.482. The van der Waals surface area contributed by atoms with E-state index in [0.717, 1.165) is 17.5 Å². The highest BCUT2D eigenvalue weighted by molar-refractivity contribution is 7.11. The molecule has 2 rings (SSSR count). The van der Waals surface area contributed by atoms with Crippen molar-refractivity contribution in [2.24, 2.45) is 4.99 Å². The molecule has 0 radical (unpaired) electrons. The summed E-state index contributed by atoms with van der Waals surface area (Å²) < 4.78 is 0. The van der Waals surface area contributed by atoms with Crippen molar-refractivity contribution < 1.29 is 0 Å². The fourth-order valence-corrected chi connectivity index (χ4v) is 3.30. The van der Waals surface area contributed by atoms with Crippen LogP contribution in [0.15, 0.2) is 28.7 Å². The molecule has 0 amide bonds. The van der Waals surface area contributed by atoms with Crippen LogP contribution in [-0.4, -0.2) is 24.5 Å². The molecule has 1 atom stereocenters. The summed E-state index contributed by atoms with van der Waals surface area (Å²) >= 11 is 3.50. The first-order valence-corrected chi connectivity index (χ1v) is 8.28. The molecule has 0 aliphatic carbocycles. The number of thiophene rings is 1. The van der Waals surface area contributed by atoms with Gasteiger partial charge in [-0.05, 0) is 18.4 Å². The van der Waals surface area contributed by atoms with Crippen molar-refractivity contribution in [3.05, 3.63) is 38.5 Å². The van der Waals surface area contributed by atoms with Gasteiger partial charge in [-0.2, -0.15) is 0 Å². The zero-order chi connectivity index (χ0) is 14.4. The van der Waals surface area contributed by atoms with Gasteiger partial charge < -0.3 is 10.6 Å². The predicted molar refractivity (Wildman–Crippen MR) is 87.8 cm³/mol. The number of hydrogen-bond acceptors (Lipinski definition) is 4. The summed E-state index contributed by atoms with van der Waals surface area (Å²) in [5.74, 6) is 1.30. The average molecular weight is 308 g/mol. The molecule has 0 aliphatic rings. The van der Waals surface area contributed by atoms with E-state index in [4.69, 9.17) is 0 Å². The second-order valence-electron chi connectivity index (χ2n) is 4.59. The fraction of sp³-hybridized carbons (Fsp3) is 0.429. The second-order valence-corrected chi connectivity index (χ2v) is 6.89. The molecule has 2 aromatic rings. The summed E-state index contributed by atoms with van der Waals surface area (Å²) in [6.45, 7) is 5.87. The summed E-state index contributed by atoms with van der Waals surface area (Å²) in [5, 5.41) is 9.84. The SMILES string of the molecule is CN=C(NCc1ncc(C)s1)NCC(C)c1cccs1. The van der Waals surface area contributed by atoms with E-state index in [1.165, 1.54) is 9.75 Å². The van der Waals surface area contributed by atoms with Crippen molar-refractivity contribution in [3.8, 4) is 0 Å². The van der Waals surface area contributed by atoms with Crippen LogP contribution in [0, 0.1) is 6.92 Å². The Morgan fingerprint density at radius 1 is 1.45 bits per heavy atom. The van der Waals surface area contributed by atoms with E-state index in [-0.39, 0.29) is 0 Å². The fourth-order valence-electron chi connectivity index (χ4n) is 1.79. The van der Waals surface area contributed by atoms with Crippen LogP contribution in [-0.2, 0) is 6.54 Å². The zero-order valence-corrected chi connectivity index (χ0v) is 13.6. The van der Waals surface area contributed by atoms with Crippen LogP contribution >= 0.6 is 22.7 Å². The van der Waals surface area contributed by atoms with Crippen molar-refractivity contribution in [2.45, 2.75) is 26.3 Å². The molecule has 4 nitrogen and oxygen atoms in total. The van der Waals surface area contributed by atoms with Gasteiger partial charge in [0.25, 0.3) is 0 Å². The summed E-state index contributed by atoms with van der Waals surface area (Å²) in [7, 11) is 1.79. The standard InChI is InChI=1S/C14H20N4S2/c1-10(12-5-4-6-19-12)7-17-14(15-3)18-9-13-16-8-11(2)20-13/h4-6,8,10H,7,9H2,1-3H3,(H2,15,17,18). The highest BCUT2D eigenvalue weighted by atomic mass is 32.1. The van der Waals surface area contributed by atoms with E-state index in [1.807, 2.05) is 6.20 Å². The lowest BCUT2D eigenvalue weighted by Gasteiger charge is -2.14. The van der Waals surface area contributed by atoms with Gasteiger partial charge in [0.2, 0.25) is 0 Å². The molecule has 0 saturated heterocycles. The molecule has 1 unspecified atom stereocenters. The average Bonchev–Trinajstić information content (AvgIpc) is 3.10. The number of aliphatic imine (C=N–C) groups is 1. The molecule has 0 saturated carbocycles.